The molecule has 7 rings (SSSR count). The Bertz CT molecular complexity index is 1670. The van der Waals surface area contributed by atoms with E-state index in [1.807, 2.05) is 47.9 Å². The minimum absolute atomic E-state index is 0.196. The van der Waals surface area contributed by atoms with Crippen LogP contribution in [-0.4, -0.2) is 10.1 Å². The molecule has 4 aromatic rings. The molecular formula is C29H19FN2O2S. The third kappa shape index (κ3) is 3.21. The minimum Gasteiger partial charge on any atom is -0.422 e. The molecule has 2 aliphatic heterocycles. The Morgan fingerprint density at radius 3 is 2.63 bits per heavy atom. The zero-order valence-corrected chi connectivity index (χ0v) is 19.4. The number of aliphatic imine (C=N–C) groups is 1. The van der Waals surface area contributed by atoms with Crippen molar-refractivity contribution < 1.29 is 8.81 Å². The first-order valence-corrected chi connectivity index (χ1v) is 12.4. The zero-order chi connectivity index (χ0) is 23.5. The smallest absolute Gasteiger partial charge is 0.345 e. The van der Waals surface area contributed by atoms with Crippen LogP contribution in [0.4, 0.5) is 4.39 Å². The standard InChI is InChI=1S/C29H19FN2O2S/c30-20-12-9-18(10-13-20)27-22-14-11-17-5-1-3-7-21(17)26(22)31-29-32(27)24(16-35-29)23-15-19-6-2-4-8-25(19)34-28(23)33/h1-10,12-13,15-16,27H,11,14H2. The summed E-state index contributed by atoms with van der Waals surface area (Å²) >= 11 is 1.50. The number of hydrogen-bond donors (Lipinski definition) is 0. The number of hydrogen-bond acceptors (Lipinski definition) is 5. The maximum Gasteiger partial charge on any atom is 0.345 e. The summed E-state index contributed by atoms with van der Waals surface area (Å²) in [5.41, 5.74) is 6.98. The molecule has 0 saturated heterocycles. The van der Waals surface area contributed by atoms with Gasteiger partial charge in [-0.15, -0.1) is 0 Å². The molecule has 1 aromatic heterocycles. The van der Waals surface area contributed by atoms with Crippen LogP contribution in [-0.2, 0) is 6.42 Å². The topological polar surface area (TPSA) is 45.8 Å². The van der Waals surface area contributed by atoms with Crippen molar-refractivity contribution in [2.24, 2.45) is 4.99 Å². The Morgan fingerprint density at radius 2 is 1.74 bits per heavy atom. The van der Waals surface area contributed by atoms with Gasteiger partial charge in [0.05, 0.1) is 23.0 Å². The van der Waals surface area contributed by atoms with E-state index in [1.165, 1.54) is 35.0 Å². The zero-order valence-electron chi connectivity index (χ0n) is 18.6. The fraction of sp³-hybridized carbons (Fsp3) is 0.103. The Morgan fingerprint density at radius 1 is 0.943 bits per heavy atom. The highest BCUT2D eigenvalue weighted by atomic mass is 32.2. The Labute approximate surface area is 205 Å². The summed E-state index contributed by atoms with van der Waals surface area (Å²) in [6.45, 7) is 0. The molecule has 0 amide bonds. The molecule has 1 aliphatic carbocycles. The van der Waals surface area contributed by atoms with Crippen LogP contribution in [0.5, 0.6) is 0 Å². The second-order valence-corrected chi connectivity index (χ2v) is 9.69. The lowest BCUT2D eigenvalue weighted by atomic mass is 9.82. The van der Waals surface area contributed by atoms with E-state index >= 15 is 0 Å². The molecule has 3 heterocycles. The second kappa shape index (κ2) is 7.82. The molecular weight excluding hydrogens is 459 g/mol. The predicted octanol–water partition coefficient (Wildman–Crippen LogP) is 6.75. The lowest BCUT2D eigenvalue weighted by Gasteiger charge is -2.39. The van der Waals surface area contributed by atoms with E-state index < -0.39 is 0 Å². The first-order chi connectivity index (χ1) is 17.2. The average Bonchev–Trinajstić information content (AvgIpc) is 3.31. The van der Waals surface area contributed by atoms with Crippen LogP contribution < -0.4 is 5.63 Å². The van der Waals surface area contributed by atoms with Gasteiger partial charge >= 0.3 is 5.63 Å². The number of fused-ring (bicyclic) bond motifs is 4. The molecule has 3 aliphatic rings. The molecule has 35 heavy (non-hydrogen) atoms. The van der Waals surface area contributed by atoms with Crippen molar-refractivity contribution in [2.75, 3.05) is 0 Å². The maximum atomic E-state index is 13.9. The number of amidine groups is 1. The van der Waals surface area contributed by atoms with Crippen molar-refractivity contribution in [3.05, 3.63) is 128 Å². The lowest BCUT2D eigenvalue weighted by Crippen LogP contribution is -2.35. The van der Waals surface area contributed by atoms with Gasteiger partial charge in [0.2, 0.25) is 0 Å². The third-order valence-electron chi connectivity index (χ3n) is 6.88. The Balaban J connectivity index is 1.43. The Hall–Kier alpha value is -3.90. The molecule has 0 bridgehead atoms. The van der Waals surface area contributed by atoms with Crippen LogP contribution in [0.1, 0.15) is 34.7 Å². The van der Waals surface area contributed by atoms with Crippen LogP contribution in [0.15, 0.2) is 104 Å². The van der Waals surface area contributed by atoms with E-state index in [9.17, 15) is 9.18 Å². The molecule has 0 fully saturated rings. The molecule has 3 aromatic carbocycles. The van der Waals surface area contributed by atoms with Crippen molar-refractivity contribution in [3.63, 3.8) is 0 Å². The summed E-state index contributed by atoms with van der Waals surface area (Å²) in [7, 11) is 0. The summed E-state index contributed by atoms with van der Waals surface area (Å²) in [6.07, 6.45) is 1.75. The van der Waals surface area contributed by atoms with E-state index in [0.717, 1.165) is 45.9 Å². The summed E-state index contributed by atoms with van der Waals surface area (Å²) < 4.78 is 19.5. The predicted molar refractivity (Wildman–Crippen MR) is 138 cm³/mol. The molecule has 0 N–H and O–H groups in total. The Kier molecular flexibility index (Phi) is 4.57. The SMILES string of the molecule is O=c1oc2ccccc2cc1C1=CSC2=NC3=C(CCc4ccccc43)C(c3ccc(F)cc3)N12. The first kappa shape index (κ1) is 20.5. The highest BCUT2D eigenvalue weighted by molar-refractivity contribution is 8.16. The minimum atomic E-state index is -0.386. The van der Waals surface area contributed by atoms with E-state index in [4.69, 9.17) is 9.41 Å². The average molecular weight is 479 g/mol. The molecule has 0 spiro atoms. The van der Waals surface area contributed by atoms with Crippen LogP contribution in [0.2, 0.25) is 0 Å². The van der Waals surface area contributed by atoms with E-state index in [0.29, 0.717) is 11.1 Å². The van der Waals surface area contributed by atoms with Crippen LogP contribution in [0, 0.1) is 5.82 Å². The molecule has 6 heteroatoms. The van der Waals surface area contributed by atoms with Crippen molar-refractivity contribution in [1.82, 2.24) is 4.90 Å². The molecule has 4 nitrogen and oxygen atoms in total. The van der Waals surface area contributed by atoms with Gasteiger partial charge in [-0.2, -0.15) is 0 Å². The van der Waals surface area contributed by atoms with Crippen molar-refractivity contribution in [2.45, 2.75) is 18.9 Å². The molecule has 0 radical (unpaired) electrons. The number of halogens is 1. The molecule has 0 saturated carbocycles. The fourth-order valence-corrected chi connectivity index (χ4v) is 6.18. The summed E-state index contributed by atoms with van der Waals surface area (Å²) in [5.74, 6) is -0.275. The van der Waals surface area contributed by atoms with Gasteiger partial charge in [-0.05, 0) is 53.8 Å². The largest absolute Gasteiger partial charge is 0.422 e. The molecule has 1 atom stereocenters. The normalized spacial score (nSPS) is 18.7. The number of rotatable bonds is 2. The van der Waals surface area contributed by atoms with Crippen molar-refractivity contribution >= 4 is 39.3 Å². The third-order valence-corrected chi connectivity index (χ3v) is 7.72. The second-order valence-electron chi connectivity index (χ2n) is 8.86. The van der Waals surface area contributed by atoms with Crippen LogP contribution in [0.25, 0.3) is 22.4 Å². The maximum absolute atomic E-state index is 13.9. The molecule has 1 unspecified atom stereocenters. The number of para-hydroxylation sites is 1. The number of thioether (sulfide) groups is 1. The van der Waals surface area contributed by atoms with Crippen LogP contribution >= 0.6 is 11.8 Å². The first-order valence-electron chi connectivity index (χ1n) is 11.5. The quantitative estimate of drug-likeness (QED) is 0.299. The van der Waals surface area contributed by atoms with Crippen molar-refractivity contribution in [1.29, 1.82) is 0 Å². The van der Waals surface area contributed by atoms with E-state index in [1.54, 1.807) is 6.07 Å². The van der Waals surface area contributed by atoms with Gasteiger partial charge in [0, 0.05) is 16.4 Å². The van der Waals surface area contributed by atoms with Gasteiger partial charge in [0.15, 0.2) is 5.17 Å². The van der Waals surface area contributed by atoms with E-state index in [2.05, 4.69) is 23.1 Å². The van der Waals surface area contributed by atoms with Gasteiger partial charge < -0.3 is 9.32 Å². The number of aryl methyl sites for hydroxylation is 1. The van der Waals surface area contributed by atoms with Gasteiger partial charge in [0.1, 0.15) is 11.4 Å². The van der Waals surface area contributed by atoms with E-state index in [-0.39, 0.29) is 17.5 Å². The highest BCUT2D eigenvalue weighted by Crippen LogP contribution is 2.51. The van der Waals surface area contributed by atoms with Crippen molar-refractivity contribution in [3.8, 4) is 0 Å². The number of nitrogens with zero attached hydrogens (tertiary/aromatic N) is 2. The number of benzene rings is 3. The summed E-state index contributed by atoms with van der Waals surface area (Å²) in [4.78, 5) is 20.3. The van der Waals surface area contributed by atoms with Gasteiger partial charge in [-0.25, -0.2) is 14.2 Å². The van der Waals surface area contributed by atoms with Gasteiger partial charge in [0.25, 0.3) is 0 Å². The fourth-order valence-electron chi connectivity index (χ4n) is 5.26. The summed E-state index contributed by atoms with van der Waals surface area (Å²) in [6, 6.07) is 24.2. The summed E-state index contributed by atoms with van der Waals surface area (Å²) in [5, 5.41) is 3.64. The van der Waals surface area contributed by atoms with Gasteiger partial charge in [-0.1, -0.05) is 66.4 Å². The van der Waals surface area contributed by atoms with Crippen LogP contribution in [0.3, 0.4) is 0 Å². The monoisotopic (exact) mass is 478 g/mol. The van der Waals surface area contributed by atoms with Gasteiger partial charge in [-0.3, -0.25) is 0 Å². The highest BCUT2D eigenvalue weighted by Gasteiger charge is 2.41. The lowest BCUT2D eigenvalue weighted by molar-refractivity contribution is 0.468. The molecule has 170 valence electrons.